The third-order valence-electron chi connectivity index (χ3n) is 2.62. The van der Waals surface area contributed by atoms with Crippen LogP contribution >= 0.6 is 0 Å². The first-order valence-electron chi connectivity index (χ1n) is 4.14. The number of hydrogen-bond acceptors (Lipinski definition) is 2. The van der Waals surface area contributed by atoms with Crippen LogP contribution in [0.2, 0.25) is 0 Å². The zero-order chi connectivity index (χ0) is 7.84. The van der Waals surface area contributed by atoms with E-state index >= 15 is 0 Å². The predicted octanol–water partition coefficient (Wildman–Crippen LogP) is 1.52. The SMILES string of the molecule is C[C@H]1CCOC2=CC(=O)C[C@@H]21. The van der Waals surface area contributed by atoms with Crippen LogP contribution in [0.3, 0.4) is 0 Å². The minimum absolute atomic E-state index is 0.235. The summed E-state index contributed by atoms with van der Waals surface area (Å²) in [5.74, 6) is 2.20. The van der Waals surface area contributed by atoms with E-state index in [1.54, 1.807) is 6.08 Å². The van der Waals surface area contributed by atoms with E-state index in [2.05, 4.69) is 6.92 Å². The van der Waals surface area contributed by atoms with Crippen LogP contribution in [0.5, 0.6) is 0 Å². The molecule has 2 rings (SSSR count). The highest BCUT2D eigenvalue weighted by Crippen LogP contribution is 2.36. The molecule has 2 aliphatic rings. The van der Waals surface area contributed by atoms with Gasteiger partial charge in [-0.1, -0.05) is 6.92 Å². The molecule has 2 atom stereocenters. The van der Waals surface area contributed by atoms with Gasteiger partial charge in [0.25, 0.3) is 0 Å². The lowest BCUT2D eigenvalue weighted by Crippen LogP contribution is -2.21. The van der Waals surface area contributed by atoms with Crippen molar-refractivity contribution in [3.8, 4) is 0 Å². The third-order valence-corrected chi connectivity index (χ3v) is 2.62. The molecule has 0 unspecified atom stereocenters. The number of hydrogen-bond donors (Lipinski definition) is 0. The van der Waals surface area contributed by atoms with E-state index in [0.717, 1.165) is 18.8 Å². The fraction of sp³-hybridized carbons (Fsp3) is 0.667. The van der Waals surface area contributed by atoms with Gasteiger partial charge in [0.05, 0.1) is 6.61 Å². The lowest BCUT2D eigenvalue weighted by Gasteiger charge is -2.27. The molecule has 0 aromatic rings. The van der Waals surface area contributed by atoms with Crippen molar-refractivity contribution in [1.82, 2.24) is 0 Å². The van der Waals surface area contributed by atoms with Gasteiger partial charge in [-0.15, -0.1) is 0 Å². The summed E-state index contributed by atoms with van der Waals surface area (Å²) in [6.45, 7) is 2.98. The summed E-state index contributed by atoms with van der Waals surface area (Å²) in [7, 11) is 0. The smallest absolute Gasteiger partial charge is 0.159 e. The standard InChI is InChI=1S/C9H12O2/c1-6-2-3-11-9-5-7(10)4-8(6)9/h5-6,8H,2-4H2,1H3/t6-,8+/m0/s1. The van der Waals surface area contributed by atoms with Crippen molar-refractivity contribution >= 4 is 5.78 Å². The Bertz CT molecular complexity index is 218. The van der Waals surface area contributed by atoms with Gasteiger partial charge >= 0.3 is 0 Å². The number of allylic oxidation sites excluding steroid dienone is 2. The molecule has 1 aliphatic carbocycles. The topological polar surface area (TPSA) is 26.3 Å². The van der Waals surface area contributed by atoms with Crippen LogP contribution in [-0.2, 0) is 9.53 Å². The fourth-order valence-corrected chi connectivity index (χ4v) is 1.84. The Kier molecular flexibility index (Phi) is 1.48. The lowest BCUT2D eigenvalue weighted by atomic mass is 9.88. The Balaban J connectivity index is 2.20. The van der Waals surface area contributed by atoms with E-state index in [0.29, 0.717) is 18.3 Å². The second-order valence-electron chi connectivity index (χ2n) is 3.44. The third kappa shape index (κ3) is 1.06. The highest BCUT2D eigenvalue weighted by molar-refractivity contribution is 5.93. The molecule has 2 nitrogen and oxygen atoms in total. The predicted molar refractivity (Wildman–Crippen MR) is 40.9 cm³/mol. The van der Waals surface area contributed by atoms with Crippen molar-refractivity contribution in [1.29, 1.82) is 0 Å². The van der Waals surface area contributed by atoms with Gasteiger partial charge < -0.3 is 4.74 Å². The fourth-order valence-electron chi connectivity index (χ4n) is 1.84. The molecule has 0 spiro atoms. The maximum absolute atomic E-state index is 11.0. The molecule has 0 N–H and O–H groups in total. The van der Waals surface area contributed by atoms with E-state index in [9.17, 15) is 4.79 Å². The van der Waals surface area contributed by atoms with Crippen LogP contribution in [0.1, 0.15) is 19.8 Å². The molecule has 1 fully saturated rings. The molecule has 0 amide bonds. The maximum atomic E-state index is 11.0. The monoisotopic (exact) mass is 152 g/mol. The van der Waals surface area contributed by atoms with Crippen molar-refractivity contribution in [2.45, 2.75) is 19.8 Å². The summed E-state index contributed by atoms with van der Waals surface area (Å²) >= 11 is 0. The van der Waals surface area contributed by atoms with Crippen LogP contribution < -0.4 is 0 Å². The molecular formula is C9H12O2. The van der Waals surface area contributed by atoms with Gasteiger partial charge in [-0.3, -0.25) is 4.79 Å². The Hall–Kier alpha value is -0.790. The van der Waals surface area contributed by atoms with E-state index < -0.39 is 0 Å². The largest absolute Gasteiger partial charge is 0.497 e. The van der Waals surface area contributed by atoms with Crippen LogP contribution in [0.25, 0.3) is 0 Å². The van der Waals surface area contributed by atoms with Crippen LogP contribution in [-0.4, -0.2) is 12.4 Å². The highest BCUT2D eigenvalue weighted by atomic mass is 16.5. The summed E-state index contributed by atoms with van der Waals surface area (Å²) in [6.07, 6.45) is 3.44. The summed E-state index contributed by atoms with van der Waals surface area (Å²) in [5.41, 5.74) is 0. The first-order valence-corrected chi connectivity index (χ1v) is 4.14. The minimum atomic E-state index is 0.235. The van der Waals surface area contributed by atoms with Crippen molar-refractivity contribution < 1.29 is 9.53 Å². The molecule has 60 valence electrons. The van der Waals surface area contributed by atoms with E-state index in [1.165, 1.54) is 0 Å². The molecule has 0 bridgehead atoms. The van der Waals surface area contributed by atoms with Gasteiger partial charge in [0.15, 0.2) is 5.78 Å². The number of fused-ring (bicyclic) bond motifs is 1. The molecule has 0 aromatic carbocycles. The molecule has 1 aliphatic heterocycles. The number of carbonyl (C=O) groups excluding carboxylic acids is 1. The molecule has 11 heavy (non-hydrogen) atoms. The van der Waals surface area contributed by atoms with Gasteiger partial charge in [-0.2, -0.15) is 0 Å². The zero-order valence-corrected chi connectivity index (χ0v) is 6.67. The average molecular weight is 152 g/mol. The van der Waals surface area contributed by atoms with Gasteiger partial charge in [0.1, 0.15) is 5.76 Å². The molecule has 0 saturated carbocycles. The Morgan fingerprint density at radius 3 is 3.18 bits per heavy atom. The molecule has 0 aromatic heterocycles. The molecular weight excluding hydrogens is 140 g/mol. The lowest BCUT2D eigenvalue weighted by molar-refractivity contribution is -0.114. The van der Waals surface area contributed by atoms with Gasteiger partial charge in [-0.25, -0.2) is 0 Å². The van der Waals surface area contributed by atoms with Gasteiger partial charge in [-0.05, 0) is 12.3 Å². The van der Waals surface area contributed by atoms with Crippen LogP contribution in [0.4, 0.5) is 0 Å². The number of rotatable bonds is 0. The van der Waals surface area contributed by atoms with Crippen molar-refractivity contribution in [3.63, 3.8) is 0 Å². The maximum Gasteiger partial charge on any atom is 0.159 e. The van der Waals surface area contributed by atoms with Gasteiger partial charge in [0, 0.05) is 18.4 Å². The van der Waals surface area contributed by atoms with E-state index in [4.69, 9.17) is 4.74 Å². The first kappa shape index (κ1) is 6.89. The Morgan fingerprint density at radius 2 is 2.45 bits per heavy atom. The Morgan fingerprint density at radius 1 is 1.64 bits per heavy atom. The number of ketones is 1. The number of ether oxygens (including phenoxy) is 1. The highest BCUT2D eigenvalue weighted by Gasteiger charge is 2.33. The summed E-state index contributed by atoms with van der Waals surface area (Å²) in [5, 5.41) is 0. The molecule has 1 heterocycles. The van der Waals surface area contributed by atoms with Crippen molar-refractivity contribution in [2.75, 3.05) is 6.61 Å². The second-order valence-corrected chi connectivity index (χ2v) is 3.44. The first-order chi connectivity index (χ1) is 5.27. The Labute approximate surface area is 66.2 Å². The number of carbonyl (C=O) groups is 1. The molecule has 0 radical (unpaired) electrons. The van der Waals surface area contributed by atoms with Crippen molar-refractivity contribution in [3.05, 3.63) is 11.8 Å². The summed E-state index contributed by atoms with van der Waals surface area (Å²) in [6, 6.07) is 0. The molecule has 1 saturated heterocycles. The summed E-state index contributed by atoms with van der Waals surface area (Å²) < 4.78 is 5.38. The van der Waals surface area contributed by atoms with E-state index in [-0.39, 0.29) is 5.78 Å². The second kappa shape index (κ2) is 2.36. The van der Waals surface area contributed by atoms with Crippen LogP contribution in [0.15, 0.2) is 11.8 Å². The van der Waals surface area contributed by atoms with Crippen molar-refractivity contribution in [2.24, 2.45) is 11.8 Å². The molecule has 2 heteroatoms. The normalized spacial score (nSPS) is 36.1. The average Bonchev–Trinajstić information content (AvgIpc) is 2.31. The quantitative estimate of drug-likeness (QED) is 0.526. The summed E-state index contributed by atoms with van der Waals surface area (Å²) in [4.78, 5) is 11.0. The minimum Gasteiger partial charge on any atom is -0.497 e. The van der Waals surface area contributed by atoms with E-state index in [1.807, 2.05) is 0 Å². The van der Waals surface area contributed by atoms with Gasteiger partial charge in [0.2, 0.25) is 0 Å². The zero-order valence-electron chi connectivity index (χ0n) is 6.67. The van der Waals surface area contributed by atoms with Crippen LogP contribution in [0, 0.1) is 11.8 Å².